The minimum absolute atomic E-state index is 0.101. The van der Waals surface area contributed by atoms with Crippen LogP contribution in [0.15, 0.2) is 17.5 Å². The van der Waals surface area contributed by atoms with Crippen molar-refractivity contribution in [3.05, 3.63) is 22.4 Å². The Morgan fingerprint density at radius 2 is 1.95 bits per heavy atom. The fourth-order valence-electron chi connectivity index (χ4n) is 2.34. The molecule has 0 aliphatic rings. The minimum atomic E-state index is -0.159. The second-order valence-electron chi connectivity index (χ2n) is 5.44. The van der Waals surface area contributed by atoms with Crippen LogP contribution in [0, 0.1) is 0 Å². The number of carbonyl (C=O) groups is 1. The first-order valence-corrected chi connectivity index (χ1v) is 8.56. The van der Waals surface area contributed by atoms with Crippen molar-refractivity contribution in [3.8, 4) is 0 Å². The summed E-state index contributed by atoms with van der Waals surface area (Å²) in [6.07, 6.45) is 4.29. The van der Waals surface area contributed by atoms with E-state index in [0.29, 0.717) is 0 Å². The molecule has 3 unspecified atom stereocenters. The molecule has 3 nitrogen and oxygen atoms in total. The smallest absolute Gasteiger partial charge is 0.237 e. The third-order valence-electron chi connectivity index (χ3n) is 3.42. The van der Waals surface area contributed by atoms with Gasteiger partial charge in [0.1, 0.15) is 0 Å². The minimum Gasteiger partial charge on any atom is -0.352 e. The summed E-state index contributed by atoms with van der Waals surface area (Å²) < 4.78 is 0. The second-order valence-corrected chi connectivity index (χ2v) is 6.42. The van der Waals surface area contributed by atoms with E-state index in [2.05, 4.69) is 48.9 Å². The summed E-state index contributed by atoms with van der Waals surface area (Å²) in [5.41, 5.74) is 0. The molecule has 114 valence electrons. The Kier molecular flexibility index (Phi) is 7.85. The summed E-state index contributed by atoms with van der Waals surface area (Å²) >= 11 is 1.75. The van der Waals surface area contributed by atoms with E-state index < -0.39 is 0 Å². The molecule has 0 aliphatic heterocycles. The van der Waals surface area contributed by atoms with E-state index in [1.54, 1.807) is 11.3 Å². The monoisotopic (exact) mass is 296 g/mol. The lowest BCUT2D eigenvalue weighted by atomic mass is 10.1. The molecule has 0 aromatic carbocycles. The van der Waals surface area contributed by atoms with Crippen molar-refractivity contribution in [2.45, 2.75) is 71.5 Å². The van der Waals surface area contributed by atoms with Gasteiger partial charge in [-0.2, -0.15) is 0 Å². The quantitative estimate of drug-likeness (QED) is 0.726. The highest BCUT2D eigenvalue weighted by atomic mass is 32.1. The van der Waals surface area contributed by atoms with Crippen molar-refractivity contribution < 1.29 is 4.79 Å². The van der Waals surface area contributed by atoms with Crippen molar-refractivity contribution in [1.29, 1.82) is 0 Å². The Labute approximate surface area is 127 Å². The molecule has 1 aromatic rings. The van der Waals surface area contributed by atoms with Gasteiger partial charge in [-0.05, 0) is 38.1 Å². The SMILES string of the molecule is CCCC(C)NC(=O)C(C)NC(CCC)c1cccs1. The van der Waals surface area contributed by atoms with Crippen molar-refractivity contribution in [3.63, 3.8) is 0 Å². The Balaban J connectivity index is 2.53. The lowest BCUT2D eigenvalue weighted by Crippen LogP contribution is -2.46. The normalized spacial score (nSPS) is 15.6. The van der Waals surface area contributed by atoms with Gasteiger partial charge in [0, 0.05) is 17.0 Å². The lowest BCUT2D eigenvalue weighted by molar-refractivity contribution is -0.123. The van der Waals surface area contributed by atoms with Crippen molar-refractivity contribution in [1.82, 2.24) is 10.6 Å². The molecule has 1 heterocycles. The maximum Gasteiger partial charge on any atom is 0.237 e. The van der Waals surface area contributed by atoms with Crippen LogP contribution in [0.5, 0.6) is 0 Å². The molecular weight excluding hydrogens is 268 g/mol. The number of amides is 1. The Bertz CT molecular complexity index is 378. The van der Waals surface area contributed by atoms with Gasteiger partial charge >= 0.3 is 0 Å². The first kappa shape index (κ1) is 17.2. The number of carbonyl (C=O) groups excluding carboxylic acids is 1. The zero-order chi connectivity index (χ0) is 15.0. The third kappa shape index (κ3) is 5.63. The van der Waals surface area contributed by atoms with E-state index in [1.807, 2.05) is 6.92 Å². The van der Waals surface area contributed by atoms with Crippen molar-refractivity contribution in [2.24, 2.45) is 0 Å². The fraction of sp³-hybridized carbons (Fsp3) is 0.688. The van der Waals surface area contributed by atoms with Crippen molar-refractivity contribution in [2.75, 3.05) is 0 Å². The molecule has 3 atom stereocenters. The highest BCUT2D eigenvalue weighted by Gasteiger charge is 2.20. The second kappa shape index (κ2) is 9.14. The number of hydrogen-bond donors (Lipinski definition) is 2. The first-order chi connectivity index (χ1) is 9.58. The molecule has 1 rings (SSSR count). The van der Waals surface area contributed by atoms with E-state index >= 15 is 0 Å². The van der Waals surface area contributed by atoms with Crippen LogP contribution in [-0.4, -0.2) is 18.0 Å². The van der Waals surface area contributed by atoms with Crippen LogP contribution in [0.4, 0.5) is 0 Å². The molecule has 0 fully saturated rings. The van der Waals surface area contributed by atoms with Gasteiger partial charge in [0.25, 0.3) is 0 Å². The van der Waals surface area contributed by atoms with Gasteiger partial charge in [0.15, 0.2) is 0 Å². The number of thiophene rings is 1. The average Bonchev–Trinajstić information content (AvgIpc) is 2.92. The molecule has 0 saturated heterocycles. The summed E-state index contributed by atoms with van der Waals surface area (Å²) in [4.78, 5) is 13.5. The topological polar surface area (TPSA) is 41.1 Å². The molecule has 1 aromatic heterocycles. The molecule has 4 heteroatoms. The molecule has 0 bridgehead atoms. The van der Waals surface area contributed by atoms with Gasteiger partial charge in [0.2, 0.25) is 5.91 Å². The van der Waals surface area contributed by atoms with Gasteiger partial charge in [-0.3, -0.25) is 10.1 Å². The highest BCUT2D eigenvalue weighted by molar-refractivity contribution is 7.10. The summed E-state index contributed by atoms with van der Waals surface area (Å²) in [6.45, 7) is 8.33. The fourth-order valence-corrected chi connectivity index (χ4v) is 3.16. The van der Waals surface area contributed by atoms with Crippen LogP contribution in [0.1, 0.15) is 64.3 Å². The van der Waals surface area contributed by atoms with Gasteiger partial charge in [-0.1, -0.05) is 32.8 Å². The van der Waals surface area contributed by atoms with E-state index in [4.69, 9.17) is 0 Å². The average molecular weight is 296 g/mol. The van der Waals surface area contributed by atoms with E-state index in [1.165, 1.54) is 4.88 Å². The van der Waals surface area contributed by atoms with Crippen LogP contribution < -0.4 is 10.6 Å². The van der Waals surface area contributed by atoms with Crippen LogP contribution >= 0.6 is 11.3 Å². The Morgan fingerprint density at radius 1 is 1.25 bits per heavy atom. The van der Waals surface area contributed by atoms with Crippen LogP contribution in [0.25, 0.3) is 0 Å². The molecule has 1 amide bonds. The summed E-state index contributed by atoms with van der Waals surface area (Å²) in [5, 5.41) is 8.63. The molecule has 2 N–H and O–H groups in total. The Hall–Kier alpha value is -0.870. The summed E-state index contributed by atoms with van der Waals surface area (Å²) in [6, 6.07) is 4.58. The van der Waals surface area contributed by atoms with Crippen LogP contribution in [-0.2, 0) is 4.79 Å². The molecule has 0 saturated carbocycles. The van der Waals surface area contributed by atoms with Gasteiger partial charge in [-0.25, -0.2) is 0 Å². The van der Waals surface area contributed by atoms with Crippen LogP contribution in [0.2, 0.25) is 0 Å². The van der Waals surface area contributed by atoms with Gasteiger partial charge in [0.05, 0.1) is 6.04 Å². The third-order valence-corrected chi connectivity index (χ3v) is 4.40. The number of rotatable bonds is 9. The summed E-state index contributed by atoms with van der Waals surface area (Å²) in [7, 11) is 0. The van der Waals surface area contributed by atoms with E-state index in [-0.39, 0.29) is 24.0 Å². The molecule has 0 spiro atoms. The molecule has 0 aliphatic carbocycles. The molecule has 0 radical (unpaired) electrons. The van der Waals surface area contributed by atoms with E-state index in [9.17, 15) is 4.79 Å². The number of hydrogen-bond acceptors (Lipinski definition) is 3. The number of nitrogens with one attached hydrogen (secondary N) is 2. The largest absolute Gasteiger partial charge is 0.352 e. The van der Waals surface area contributed by atoms with Gasteiger partial charge < -0.3 is 5.32 Å². The van der Waals surface area contributed by atoms with Gasteiger partial charge in [-0.15, -0.1) is 11.3 Å². The predicted molar refractivity (Wildman–Crippen MR) is 87.1 cm³/mol. The molecular formula is C16H28N2OS. The maximum atomic E-state index is 12.2. The van der Waals surface area contributed by atoms with Crippen molar-refractivity contribution >= 4 is 17.2 Å². The Morgan fingerprint density at radius 3 is 2.50 bits per heavy atom. The van der Waals surface area contributed by atoms with Crippen LogP contribution in [0.3, 0.4) is 0 Å². The maximum absolute atomic E-state index is 12.2. The zero-order valence-corrected chi connectivity index (χ0v) is 13.9. The molecule has 20 heavy (non-hydrogen) atoms. The summed E-state index contributed by atoms with van der Waals surface area (Å²) in [5.74, 6) is 0.101. The van der Waals surface area contributed by atoms with E-state index in [0.717, 1.165) is 25.7 Å². The first-order valence-electron chi connectivity index (χ1n) is 7.68. The predicted octanol–water partition coefficient (Wildman–Crippen LogP) is 3.87. The standard InChI is InChI=1S/C16H28N2OS/c1-5-8-12(3)17-16(19)13(4)18-14(9-6-2)15-10-7-11-20-15/h7,10-14,18H,5-6,8-9H2,1-4H3,(H,17,19). The highest BCUT2D eigenvalue weighted by Crippen LogP contribution is 2.23. The zero-order valence-electron chi connectivity index (χ0n) is 13.1. The lowest BCUT2D eigenvalue weighted by Gasteiger charge is -2.23.